The number of amidine groups is 1. The predicted molar refractivity (Wildman–Crippen MR) is 504 cm³/mol. The van der Waals surface area contributed by atoms with Crippen LogP contribution in [0.15, 0.2) is 233 Å². The third-order valence-corrected chi connectivity index (χ3v) is 25.5. The Balaban J connectivity index is 0.000000548. The van der Waals surface area contributed by atoms with Crippen molar-refractivity contribution in [3.63, 3.8) is 0 Å². The zero-order valence-corrected chi connectivity index (χ0v) is 80.8. The molecule has 0 amide bonds. The number of aromatic nitrogens is 4. The molecule has 2 heterocycles. The van der Waals surface area contributed by atoms with Gasteiger partial charge in [0.25, 0.3) is 20.8 Å². The third-order valence-electron chi connectivity index (χ3n) is 18.3. The molecule has 0 spiro atoms. The molecule has 0 radical (unpaired) electrons. The number of carboxylic acids is 2. The van der Waals surface area contributed by atoms with Gasteiger partial charge in [-0.3, -0.25) is 24.0 Å². The molecule has 11 N–H and O–H groups in total. The number of carbonyl (C=O) groups is 6. The number of aliphatic carboxylic acids is 1. The lowest BCUT2D eigenvalue weighted by molar-refractivity contribution is -0.144. The van der Waals surface area contributed by atoms with Crippen molar-refractivity contribution in [2.45, 2.75) is 152 Å². The normalized spacial score (nSPS) is 12.4. The highest BCUT2D eigenvalue weighted by Crippen LogP contribution is 2.28. The van der Waals surface area contributed by atoms with Crippen molar-refractivity contribution in [2.75, 3.05) is 28.4 Å². The quantitative estimate of drug-likeness (QED) is 0.00307. The fourth-order valence-corrected chi connectivity index (χ4v) is 16.5. The first kappa shape index (κ1) is 117. The number of hydrogen-bond acceptors (Lipinski definition) is 29. The Morgan fingerprint density at radius 2 is 0.657 bits per heavy atom. The molecule has 10 rings (SSSR count). The molecule has 0 bridgehead atoms. The van der Waals surface area contributed by atoms with Gasteiger partial charge in [-0.1, -0.05) is 194 Å². The molecule has 45 heteroatoms. The van der Waals surface area contributed by atoms with E-state index < -0.39 is 115 Å². The topological polar surface area (TPSA) is 570 Å². The van der Waals surface area contributed by atoms with Gasteiger partial charge in [-0.2, -0.15) is 28.9 Å². The molecule has 0 saturated carbocycles. The van der Waals surface area contributed by atoms with E-state index in [1.54, 1.807) is 104 Å². The lowest BCUT2D eigenvalue weighted by Gasteiger charge is -2.19. The maximum absolute atomic E-state index is 12.7. The molecular formula is C89H109Cl2N13O25S5. The summed E-state index contributed by atoms with van der Waals surface area (Å²) in [6.07, 6.45) is 0. The summed E-state index contributed by atoms with van der Waals surface area (Å²) in [4.78, 5) is 82.2. The number of nitrogens with two attached hydrogens (primary N) is 2. The summed E-state index contributed by atoms with van der Waals surface area (Å²) in [6, 6.07) is 45.6. The SMILES string of the molecule is C.COC(=O)[C@H](N)C(C)C.COC(=O)[C@H](NS(=O)(=O)c1ccc(-c2noc(-c3ccc(C)cc3)n2)cc1)C(C)C.COC(=O)[C@H](NS(=O)(=O)c1ccc(/C(N)=N/O)cc1)C(C)C.Cc1ccc(-c2nc(-c3ccc(S(=O)(=O)N[C@@H](C(=O)O)C(C)C)cc3)no2)cc1.Cc1ccc(C(=O)O)cc1.Cl.[C-]#[N+]c1ccc(S(=O)(=O)Cl)cc1.[C-]#[N+]c1ccc(S(=O)(=O)N[C@@H](C(=O)OC)C(C)C)cc1. The van der Waals surface area contributed by atoms with E-state index in [-0.39, 0.29) is 79.8 Å². The van der Waals surface area contributed by atoms with E-state index in [0.717, 1.165) is 27.8 Å². The van der Waals surface area contributed by atoms with Gasteiger partial charge in [0.15, 0.2) is 17.2 Å². The number of hydrogen-bond donors (Lipinski definition) is 9. The zero-order valence-electron chi connectivity index (χ0n) is 75.2. The van der Waals surface area contributed by atoms with Crippen LogP contribution >= 0.6 is 23.1 Å². The molecule has 5 atom stereocenters. The fraction of sp³-hybridized carbons (Fsp3) is 0.315. The highest BCUT2D eigenvalue weighted by molar-refractivity contribution is 8.13. The second-order valence-electron chi connectivity index (χ2n) is 30.0. The number of halogens is 2. The molecule has 10 aromatic rings. The van der Waals surface area contributed by atoms with Crippen molar-refractivity contribution >= 4 is 125 Å². The van der Waals surface area contributed by atoms with Crippen molar-refractivity contribution in [1.29, 1.82) is 0 Å². The monoisotopic (exact) mass is 1990 g/mol. The Kier molecular flexibility index (Phi) is 47.6. The van der Waals surface area contributed by atoms with Crippen LogP contribution in [-0.2, 0) is 92.1 Å². The van der Waals surface area contributed by atoms with Crippen molar-refractivity contribution < 1.29 is 114 Å². The smallest absolute Gasteiger partial charge is 0.335 e. The van der Waals surface area contributed by atoms with E-state index in [9.17, 15) is 76.0 Å². The number of nitrogens with one attached hydrogen (secondary N) is 4. The number of sulfonamides is 4. The maximum Gasteiger partial charge on any atom is 0.335 e. The van der Waals surface area contributed by atoms with Gasteiger partial charge >= 0.3 is 35.8 Å². The number of aromatic carboxylic acids is 1. The van der Waals surface area contributed by atoms with Crippen molar-refractivity contribution in [3.05, 3.63) is 245 Å². The van der Waals surface area contributed by atoms with Crippen LogP contribution < -0.4 is 30.4 Å². The fourth-order valence-electron chi connectivity index (χ4n) is 10.4. The highest BCUT2D eigenvalue weighted by Gasteiger charge is 2.34. The summed E-state index contributed by atoms with van der Waals surface area (Å²) >= 11 is 0. The zero-order chi connectivity index (χ0) is 99.5. The lowest BCUT2D eigenvalue weighted by Crippen LogP contribution is -2.44. The maximum atomic E-state index is 12.7. The van der Waals surface area contributed by atoms with Gasteiger partial charge in [0, 0.05) is 38.5 Å². The minimum Gasteiger partial charge on any atom is -0.480 e. The first-order valence-electron chi connectivity index (χ1n) is 39.4. The van der Waals surface area contributed by atoms with E-state index >= 15 is 0 Å². The molecular weight excluding hydrogens is 1880 g/mol. The molecule has 38 nitrogen and oxygen atoms in total. The number of carboxylic acid groups (broad SMARTS) is 2. The molecule has 0 aliphatic rings. The summed E-state index contributed by atoms with van der Waals surface area (Å²) in [6.45, 7) is 36.6. The number of nitrogens with zero attached hydrogens (tertiary/aromatic N) is 7. The predicted octanol–water partition coefficient (Wildman–Crippen LogP) is 13.3. The summed E-state index contributed by atoms with van der Waals surface area (Å²) in [7, 11) is -9.30. The molecule has 724 valence electrons. The number of oxime groups is 1. The molecule has 0 aliphatic carbocycles. The molecule has 2 aromatic heterocycles. The van der Waals surface area contributed by atoms with Gasteiger partial charge in [0.05, 0.1) is 71.6 Å². The number of aryl methyl sites for hydroxylation is 3. The average molecular weight is 1990 g/mol. The number of rotatable bonds is 29. The minimum atomic E-state index is -3.99. The van der Waals surface area contributed by atoms with Crippen LogP contribution in [0.4, 0.5) is 11.4 Å². The van der Waals surface area contributed by atoms with E-state index in [1.807, 2.05) is 83.1 Å². The Morgan fingerprint density at radius 1 is 0.403 bits per heavy atom. The molecule has 0 fully saturated rings. The van der Waals surface area contributed by atoms with Gasteiger partial charge in [-0.05, 0) is 160 Å². The van der Waals surface area contributed by atoms with E-state index in [1.165, 1.54) is 126 Å². The summed E-state index contributed by atoms with van der Waals surface area (Å²) < 4.78 is 159. The van der Waals surface area contributed by atoms with Gasteiger partial charge in [0.2, 0.25) is 51.7 Å². The van der Waals surface area contributed by atoms with E-state index in [4.69, 9.17) is 54.7 Å². The van der Waals surface area contributed by atoms with Crippen LogP contribution in [0.1, 0.15) is 109 Å². The summed E-state index contributed by atoms with van der Waals surface area (Å²) in [5, 5.41) is 37.0. The number of benzene rings is 8. The molecule has 0 saturated heterocycles. The van der Waals surface area contributed by atoms with Crippen molar-refractivity contribution in [1.82, 2.24) is 39.2 Å². The van der Waals surface area contributed by atoms with Crippen LogP contribution in [0.2, 0.25) is 0 Å². The standard InChI is InChI=1S/C21H23N3O5S.C20H21N3O5S.C13H19N3O5S.C13H16N2O4S.C8H8O2.C7H4ClNO2S.C6H13NO2.CH4.ClH/c1-13(2)18(21(25)28-4)24-30(26,27)17-11-9-15(10-12-17)19-22-20(29-23-19)16-7-5-14(3)6-8-16;1-12(2)17(20(24)25)23-29(26,27)16-10-8-14(9-11-16)18-21-19(28-22-18)15-6-4-13(3)5-7-15;1-8(2)11(13(17)21-3)16-22(19,20)10-6-4-9(5-7-10)12(14)15-18;1-9(2)12(13(16)19-4)15-20(17,18)11-7-5-10(14-3)6-8-11;1-6-2-4-7(5-3-6)8(9)10;1-9-6-2-4-7(5-3-6)12(8,10)11;1-4(2)5(7)6(8)9-3;;/h5-13,18,24H,1-4H3;4-12,17,23H,1-3H3,(H,24,25);4-8,11,16,18H,1-3H3,(H2,14,15);5-9,12,15H,1-2,4H3;2-5H,1H3,(H,9,10);2-5H;4-5H,7H2,1-3H3;1H4;1H/t18-;17-;11-;12-;;;5-;;/m1111..1../s1. The Morgan fingerprint density at radius 3 is 0.896 bits per heavy atom. The van der Waals surface area contributed by atoms with E-state index in [0.29, 0.717) is 57.1 Å². The van der Waals surface area contributed by atoms with Crippen LogP contribution in [-0.4, -0.2) is 178 Å². The minimum absolute atomic E-state index is 0. The average Bonchev–Trinajstić information content (AvgIpc) is 1.37. The Hall–Kier alpha value is -12.8. The van der Waals surface area contributed by atoms with Gasteiger partial charge in [-0.15, -0.1) is 12.4 Å². The number of esters is 4. The number of methoxy groups -OCH3 is 4. The van der Waals surface area contributed by atoms with Gasteiger partial charge in [0.1, 0.15) is 30.2 Å². The number of ether oxygens (including phenoxy) is 4. The number of carbonyl (C=O) groups excluding carboxylic acids is 4. The second kappa shape index (κ2) is 54.4. The first-order valence-corrected chi connectivity index (χ1v) is 47.7. The molecule has 0 unspecified atom stereocenters. The van der Waals surface area contributed by atoms with Crippen LogP contribution in [0.3, 0.4) is 0 Å². The second-order valence-corrected chi connectivity index (χ2v) is 39.5. The lowest BCUT2D eigenvalue weighted by atomic mass is 10.1. The van der Waals surface area contributed by atoms with Gasteiger partial charge < -0.3 is 54.9 Å². The third kappa shape index (κ3) is 36.7. The van der Waals surface area contributed by atoms with Crippen LogP contribution in [0.25, 0.3) is 55.4 Å². The summed E-state index contributed by atoms with van der Waals surface area (Å²) in [5.74, 6) is -4.16. The van der Waals surface area contributed by atoms with Crippen molar-refractivity contribution in [2.24, 2.45) is 46.2 Å². The summed E-state index contributed by atoms with van der Waals surface area (Å²) in [5.41, 5.74) is 18.3. The Bertz CT molecular complexity index is 6250. The highest BCUT2D eigenvalue weighted by atomic mass is 35.7. The molecule has 0 aliphatic heterocycles. The molecule has 134 heavy (non-hydrogen) atoms. The van der Waals surface area contributed by atoms with Crippen molar-refractivity contribution in [3.8, 4) is 45.7 Å². The van der Waals surface area contributed by atoms with Crippen LogP contribution in [0.5, 0.6) is 0 Å². The first-order chi connectivity index (χ1) is 61.7. The largest absolute Gasteiger partial charge is 0.480 e. The van der Waals surface area contributed by atoms with Crippen LogP contribution in [0, 0.1) is 63.5 Å². The van der Waals surface area contributed by atoms with E-state index in [2.05, 4.69) is 73.0 Å². The Labute approximate surface area is 790 Å². The molecule has 8 aromatic carbocycles. The van der Waals surface area contributed by atoms with Gasteiger partial charge in [-0.25, -0.2) is 56.6 Å².